The molecule has 1 unspecified atom stereocenters. The van der Waals surface area contributed by atoms with Crippen LogP contribution in [-0.2, 0) is 6.54 Å². The number of hydrogen-bond acceptors (Lipinski definition) is 3. The molecule has 0 bridgehead atoms. The summed E-state index contributed by atoms with van der Waals surface area (Å²) in [5, 5.41) is 3.48. The third-order valence-corrected chi connectivity index (χ3v) is 3.11. The molecule has 1 aromatic carbocycles. The van der Waals surface area contributed by atoms with Gasteiger partial charge in [0.1, 0.15) is 0 Å². The fourth-order valence-electron chi connectivity index (χ4n) is 2.02. The number of benzene rings is 1. The largest absolute Gasteiger partial charge is 0.304 e. The topological polar surface area (TPSA) is 37.8 Å². The molecule has 94 valence electrons. The van der Waals surface area contributed by atoms with Gasteiger partial charge in [0.05, 0.1) is 5.69 Å². The number of aromatic nitrogens is 2. The third-order valence-electron chi connectivity index (χ3n) is 3.11. The molecule has 0 radical (unpaired) electrons. The molecule has 3 nitrogen and oxygen atoms in total. The monoisotopic (exact) mass is 241 g/mol. The van der Waals surface area contributed by atoms with E-state index in [9.17, 15) is 0 Å². The smallest absolute Gasteiger partial charge is 0.0724 e. The van der Waals surface area contributed by atoms with E-state index in [4.69, 9.17) is 0 Å². The van der Waals surface area contributed by atoms with Gasteiger partial charge in [0.2, 0.25) is 0 Å². The Bertz CT molecular complexity index is 508. The quantitative estimate of drug-likeness (QED) is 0.894. The zero-order valence-electron chi connectivity index (χ0n) is 11.1. The molecule has 2 rings (SSSR count). The highest BCUT2D eigenvalue weighted by molar-refractivity contribution is 5.32. The Morgan fingerprint density at radius 3 is 2.78 bits per heavy atom. The Morgan fingerprint density at radius 1 is 1.22 bits per heavy atom. The standard InChI is InChI=1S/C15H19N3/c1-11-4-5-12(2)15(8-11)13(3)18-10-14-9-16-6-7-17-14/h4-9,13,18H,10H2,1-3H3. The Morgan fingerprint density at radius 2 is 2.06 bits per heavy atom. The first-order valence-electron chi connectivity index (χ1n) is 6.22. The Hall–Kier alpha value is -1.74. The first kappa shape index (κ1) is 12.7. The van der Waals surface area contributed by atoms with E-state index in [1.165, 1.54) is 16.7 Å². The molecule has 0 amide bonds. The minimum atomic E-state index is 0.312. The summed E-state index contributed by atoms with van der Waals surface area (Å²) in [6, 6.07) is 6.87. The average molecular weight is 241 g/mol. The lowest BCUT2D eigenvalue weighted by Crippen LogP contribution is -2.19. The van der Waals surface area contributed by atoms with Crippen molar-refractivity contribution in [2.24, 2.45) is 0 Å². The SMILES string of the molecule is Cc1ccc(C)c(C(C)NCc2cnccn2)c1. The third kappa shape index (κ3) is 3.14. The molecule has 18 heavy (non-hydrogen) atoms. The molecule has 0 fully saturated rings. The maximum absolute atomic E-state index is 4.26. The van der Waals surface area contributed by atoms with E-state index in [2.05, 4.69) is 54.3 Å². The van der Waals surface area contributed by atoms with E-state index in [1.54, 1.807) is 18.6 Å². The van der Waals surface area contributed by atoms with Crippen molar-refractivity contribution < 1.29 is 0 Å². The van der Waals surface area contributed by atoms with Crippen LogP contribution in [0.1, 0.15) is 35.3 Å². The summed E-state index contributed by atoms with van der Waals surface area (Å²) in [5.41, 5.74) is 4.93. The van der Waals surface area contributed by atoms with Crippen molar-refractivity contribution in [3.63, 3.8) is 0 Å². The lowest BCUT2D eigenvalue weighted by molar-refractivity contribution is 0.564. The highest BCUT2D eigenvalue weighted by atomic mass is 14.9. The van der Waals surface area contributed by atoms with Crippen LogP contribution in [0.5, 0.6) is 0 Å². The van der Waals surface area contributed by atoms with Gasteiger partial charge in [-0.1, -0.05) is 23.8 Å². The average Bonchev–Trinajstić information content (AvgIpc) is 2.40. The van der Waals surface area contributed by atoms with E-state index in [-0.39, 0.29) is 0 Å². The van der Waals surface area contributed by atoms with Crippen LogP contribution < -0.4 is 5.32 Å². The van der Waals surface area contributed by atoms with Crippen LogP contribution in [0.2, 0.25) is 0 Å². The van der Waals surface area contributed by atoms with Crippen molar-refractivity contribution in [1.82, 2.24) is 15.3 Å². The molecule has 0 aliphatic heterocycles. The lowest BCUT2D eigenvalue weighted by Gasteiger charge is -2.17. The first-order valence-corrected chi connectivity index (χ1v) is 6.22. The van der Waals surface area contributed by atoms with E-state index < -0.39 is 0 Å². The van der Waals surface area contributed by atoms with Gasteiger partial charge in [0.25, 0.3) is 0 Å². The number of aryl methyl sites for hydroxylation is 2. The maximum atomic E-state index is 4.26. The molecule has 1 N–H and O–H groups in total. The molecule has 0 saturated carbocycles. The van der Waals surface area contributed by atoms with Gasteiger partial charge in [-0.2, -0.15) is 0 Å². The highest BCUT2D eigenvalue weighted by Gasteiger charge is 2.08. The Balaban J connectivity index is 2.03. The van der Waals surface area contributed by atoms with Crippen molar-refractivity contribution in [2.75, 3.05) is 0 Å². The Kier molecular flexibility index (Phi) is 4.05. The molecule has 1 heterocycles. The van der Waals surface area contributed by atoms with Crippen molar-refractivity contribution in [2.45, 2.75) is 33.4 Å². The van der Waals surface area contributed by atoms with Crippen LogP contribution in [0, 0.1) is 13.8 Å². The predicted molar refractivity (Wildman–Crippen MR) is 73.2 cm³/mol. The fourth-order valence-corrected chi connectivity index (χ4v) is 2.02. The molecular weight excluding hydrogens is 222 g/mol. The minimum absolute atomic E-state index is 0.312. The molecular formula is C15H19N3. The molecule has 0 spiro atoms. The number of hydrogen-bond donors (Lipinski definition) is 1. The van der Waals surface area contributed by atoms with Crippen LogP contribution in [0.25, 0.3) is 0 Å². The van der Waals surface area contributed by atoms with Crippen molar-refractivity contribution >= 4 is 0 Å². The molecule has 0 aliphatic carbocycles. The van der Waals surface area contributed by atoms with Crippen LogP contribution in [0.15, 0.2) is 36.8 Å². The number of nitrogens with one attached hydrogen (secondary N) is 1. The van der Waals surface area contributed by atoms with E-state index in [0.717, 1.165) is 12.2 Å². The van der Waals surface area contributed by atoms with Crippen LogP contribution >= 0.6 is 0 Å². The second-order valence-corrected chi connectivity index (χ2v) is 4.66. The lowest BCUT2D eigenvalue weighted by atomic mass is 10.00. The summed E-state index contributed by atoms with van der Waals surface area (Å²) < 4.78 is 0. The Labute approximate surface area is 108 Å². The number of rotatable bonds is 4. The number of nitrogens with zero attached hydrogens (tertiary/aromatic N) is 2. The summed E-state index contributed by atoms with van der Waals surface area (Å²) in [4.78, 5) is 8.32. The summed E-state index contributed by atoms with van der Waals surface area (Å²) in [7, 11) is 0. The highest BCUT2D eigenvalue weighted by Crippen LogP contribution is 2.19. The molecule has 0 saturated heterocycles. The van der Waals surface area contributed by atoms with E-state index >= 15 is 0 Å². The first-order chi connectivity index (χ1) is 8.66. The van der Waals surface area contributed by atoms with Crippen LogP contribution in [0.3, 0.4) is 0 Å². The molecule has 2 aromatic rings. The van der Waals surface area contributed by atoms with Crippen LogP contribution in [-0.4, -0.2) is 9.97 Å². The van der Waals surface area contributed by atoms with Crippen molar-refractivity contribution in [3.05, 3.63) is 59.2 Å². The summed E-state index contributed by atoms with van der Waals surface area (Å²) in [5.74, 6) is 0. The second-order valence-electron chi connectivity index (χ2n) is 4.66. The van der Waals surface area contributed by atoms with Gasteiger partial charge in [-0.05, 0) is 31.9 Å². The summed E-state index contributed by atoms with van der Waals surface area (Å²) >= 11 is 0. The molecule has 3 heteroatoms. The van der Waals surface area contributed by atoms with Gasteiger partial charge < -0.3 is 5.32 Å². The fraction of sp³-hybridized carbons (Fsp3) is 0.333. The summed E-state index contributed by atoms with van der Waals surface area (Å²) in [6.07, 6.45) is 5.21. The van der Waals surface area contributed by atoms with Gasteiger partial charge >= 0.3 is 0 Å². The van der Waals surface area contributed by atoms with Crippen molar-refractivity contribution in [3.8, 4) is 0 Å². The zero-order valence-corrected chi connectivity index (χ0v) is 11.1. The van der Waals surface area contributed by atoms with Gasteiger partial charge in [-0.3, -0.25) is 9.97 Å². The van der Waals surface area contributed by atoms with E-state index in [0.29, 0.717) is 6.04 Å². The predicted octanol–water partition coefficient (Wildman–Crippen LogP) is 2.94. The van der Waals surface area contributed by atoms with Gasteiger partial charge in [0, 0.05) is 31.2 Å². The normalized spacial score (nSPS) is 12.4. The maximum Gasteiger partial charge on any atom is 0.0724 e. The second kappa shape index (κ2) is 5.74. The van der Waals surface area contributed by atoms with E-state index in [1.807, 2.05) is 0 Å². The molecule has 1 aromatic heterocycles. The molecule has 1 atom stereocenters. The summed E-state index contributed by atoms with van der Waals surface area (Å²) in [6.45, 7) is 7.19. The van der Waals surface area contributed by atoms with Crippen LogP contribution in [0.4, 0.5) is 0 Å². The van der Waals surface area contributed by atoms with Crippen molar-refractivity contribution in [1.29, 1.82) is 0 Å². The minimum Gasteiger partial charge on any atom is -0.304 e. The zero-order chi connectivity index (χ0) is 13.0. The van der Waals surface area contributed by atoms with Gasteiger partial charge in [0.15, 0.2) is 0 Å². The van der Waals surface area contributed by atoms with Gasteiger partial charge in [-0.25, -0.2) is 0 Å². The van der Waals surface area contributed by atoms with Gasteiger partial charge in [-0.15, -0.1) is 0 Å². The molecule has 0 aliphatic rings.